The molecule has 0 aromatic rings. The Bertz CT molecular complexity index is 215. The van der Waals surface area contributed by atoms with Crippen LogP contribution < -0.4 is 0 Å². The van der Waals surface area contributed by atoms with E-state index in [2.05, 4.69) is 0 Å². The normalized spacial score (nSPS) is 44.8. The van der Waals surface area contributed by atoms with Crippen molar-refractivity contribution in [3.05, 3.63) is 0 Å². The van der Waals surface area contributed by atoms with E-state index in [9.17, 15) is 15.3 Å². The van der Waals surface area contributed by atoms with Crippen LogP contribution >= 0.6 is 0 Å². The Morgan fingerprint density at radius 1 is 1.13 bits per heavy atom. The van der Waals surface area contributed by atoms with Crippen LogP contribution in [0.25, 0.3) is 0 Å². The summed E-state index contributed by atoms with van der Waals surface area (Å²) in [5.74, 6) is 0.224. The summed E-state index contributed by atoms with van der Waals surface area (Å²) in [6.45, 7) is 1.72. The second-order valence-corrected chi connectivity index (χ2v) is 4.82. The topological polar surface area (TPSA) is 69.9 Å². The van der Waals surface area contributed by atoms with Gasteiger partial charge in [0.25, 0.3) is 0 Å². The summed E-state index contributed by atoms with van der Waals surface area (Å²) in [5, 5.41) is 29.3. The van der Waals surface area contributed by atoms with Crippen LogP contribution in [-0.4, -0.2) is 45.8 Å². The van der Waals surface area contributed by atoms with Crippen LogP contribution in [-0.2, 0) is 4.74 Å². The fraction of sp³-hybridized carbons (Fsp3) is 1.00. The summed E-state index contributed by atoms with van der Waals surface area (Å²) in [6, 6.07) is 0. The van der Waals surface area contributed by atoms with Crippen molar-refractivity contribution in [2.45, 2.75) is 63.1 Å². The van der Waals surface area contributed by atoms with E-state index in [4.69, 9.17) is 4.74 Å². The smallest absolute Gasteiger partial charge is 0.113 e. The van der Waals surface area contributed by atoms with Crippen molar-refractivity contribution in [1.82, 2.24) is 0 Å². The second kappa shape index (κ2) is 4.37. The van der Waals surface area contributed by atoms with Crippen molar-refractivity contribution in [2.24, 2.45) is 5.92 Å². The SMILES string of the molecule is C[C@@H]1O[C@H]([C@@H](O)C2CCCC2)[C@@H](O)[C@H]1O. The zero-order valence-electron chi connectivity index (χ0n) is 9.04. The standard InChI is InChI=1S/C11H20O4/c1-6-8(12)10(14)11(15-6)9(13)7-4-2-3-5-7/h6-14H,2-5H2,1H3/t6-,8-,9-,10-,11+/m0/s1. The van der Waals surface area contributed by atoms with E-state index in [0.29, 0.717) is 0 Å². The highest BCUT2D eigenvalue weighted by molar-refractivity contribution is 4.94. The molecule has 1 aliphatic carbocycles. The van der Waals surface area contributed by atoms with Crippen molar-refractivity contribution >= 4 is 0 Å². The van der Waals surface area contributed by atoms with E-state index in [1.807, 2.05) is 0 Å². The van der Waals surface area contributed by atoms with E-state index in [1.54, 1.807) is 6.92 Å². The van der Waals surface area contributed by atoms with E-state index in [-0.39, 0.29) is 12.0 Å². The molecule has 5 atom stereocenters. The Kier molecular flexibility index (Phi) is 3.30. The maximum atomic E-state index is 10.1. The molecule has 2 fully saturated rings. The highest BCUT2D eigenvalue weighted by Crippen LogP contribution is 2.34. The predicted molar refractivity (Wildman–Crippen MR) is 54.3 cm³/mol. The molecule has 0 amide bonds. The average molecular weight is 216 g/mol. The number of hydrogen-bond donors (Lipinski definition) is 3. The second-order valence-electron chi connectivity index (χ2n) is 4.82. The molecule has 4 nitrogen and oxygen atoms in total. The third kappa shape index (κ3) is 2.04. The van der Waals surface area contributed by atoms with Gasteiger partial charge >= 0.3 is 0 Å². The third-order valence-electron chi connectivity index (χ3n) is 3.76. The first kappa shape index (κ1) is 11.3. The first-order chi connectivity index (χ1) is 7.11. The molecule has 2 aliphatic rings. The molecular weight excluding hydrogens is 196 g/mol. The zero-order chi connectivity index (χ0) is 11.0. The summed E-state index contributed by atoms with van der Waals surface area (Å²) >= 11 is 0. The van der Waals surface area contributed by atoms with Crippen molar-refractivity contribution in [3.63, 3.8) is 0 Å². The lowest BCUT2D eigenvalue weighted by Gasteiger charge is -2.25. The minimum Gasteiger partial charge on any atom is -0.390 e. The largest absolute Gasteiger partial charge is 0.390 e. The summed E-state index contributed by atoms with van der Waals surface area (Å²) < 4.78 is 5.41. The van der Waals surface area contributed by atoms with Crippen molar-refractivity contribution in [3.8, 4) is 0 Å². The Morgan fingerprint density at radius 3 is 2.20 bits per heavy atom. The van der Waals surface area contributed by atoms with Gasteiger partial charge in [0.05, 0.1) is 12.2 Å². The van der Waals surface area contributed by atoms with Gasteiger partial charge < -0.3 is 20.1 Å². The number of hydrogen-bond acceptors (Lipinski definition) is 4. The van der Waals surface area contributed by atoms with Gasteiger partial charge in [-0.25, -0.2) is 0 Å². The minimum absolute atomic E-state index is 0.224. The molecule has 0 radical (unpaired) electrons. The fourth-order valence-corrected chi connectivity index (χ4v) is 2.73. The number of aliphatic hydroxyl groups is 3. The molecule has 0 aromatic carbocycles. The molecule has 2 rings (SSSR count). The predicted octanol–water partition coefficient (Wildman–Crippen LogP) is 0.0466. The van der Waals surface area contributed by atoms with Crippen LogP contribution in [0.3, 0.4) is 0 Å². The summed E-state index contributed by atoms with van der Waals surface area (Å²) in [6.07, 6.45) is 0.824. The van der Waals surface area contributed by atoms with Crippen LogP contribution in [0.1, 0.15) is 32.6 Å². The molecular formula is C11H20O4. The Morgan fingerprint density at radius 2 is 1.73 bits per heavy atom. The Hall–Kier alpha value is -0.160. The molecule has 1 saturated heterocycles. The maximum absolute atomic E-state index is 10.1. The molecule has 0 unspecified atom stereocenters. The maximum Gasteiger partial charge on any atom is 0.113 e. The lowest BCUT2D eigenvalue weighted by molar-refractivity contribution is -0.0823. The van der Waals surface area contributed by atoms with Crippen LogP contribution in [0, 0.1) is 5.92 Å². The molecule has 0 aromatic heterocycles. The fourth-order valence-electron chi connectivity index (χ4n) is 2.73. The number of ether oxygens (including phenoxy) is 1. The molecule has 0 spiro atoms. The molecule has 0 bridgehead atoms. The van der Waals surface area contributed by atoms with E-state index >= 15 is 0 Å². The van der Waals surface area contributed by atoms with Gasteiger partial charge in [-0.15, -0.1) is 0 Å². The molecule has 88 valence electrons. The van der Waals surface area contributed by atoms with Gasteiger partial charge in [0.2, 0.25) is 0 Å². The van der Waals surface area contributed by atoms with Gasteiger partial charge in [-0.1, -0.05) is 12.8 Å². The van der Waals surface area contributed by atoms with Gasteiger partial charge in [0.15, 0.2) is 0 Å². The number of aliphatic hydroxyl groups excluding tert-OH is 3. The first-order valence-corrected chi connectivity index (χ1v) is 5.81. The summed E-state index contributed by atoms with van der Waals surface area (Å²) in [7, 11) is 0. The first-order valence-electron chi connectivity index (χ1n) is 5.81. The van der Waals surface area contributed by atoms with Crippen LogP contribution in [0.2, 0.25) is 0 Å². The Balaban J connectivity index is 1.98. The highest BCUT2D eigenvalue weighted by atomic mass is 16.6. The molecule has 4 heteroatoms. The number of rotatable bonds is 2. The Labute approximate surface area is 89.9 Å². The lowest BCUT2D eigenvalue weighted by atomic mass is 9.93. The third-order valence-corrected chi connectivity index (χ3v) is 3.76. The minimum atomic E-state index is -0.949. The van der Waals surface area contributed by atoms with Gasteiger partial charge in [-0.05, 0) is 25.7 Å². The van der Waals surface area contributed by atoms with Gasteiger partial charge in [0, 0.05) is 0 Å². The molecule has 15 heavy (non-hydrogen) atoms. The van der Waals surface area contributed by atoms with E-state index in [0.717, 1.165) is 25.7 Å². The molecule has 1 heterocycles. The van der Waals surface area contributed by atoms with E-state index < -0.39 is 24.4 Å². The van der Waals surface area contributed by atoms with E-state index in [1.165, 1.54) is 0 Å². The van der Waals surface area contributed by atoms with Crippen molar-refractivity contribution in [1.29, 1.82) is 0 Å². The quantitative estimate of drug-likeness (QED) is 0.610. The molecule has 1 aliphatic heterocycles. The lowest BCUT2D eigenvalue weighted by Crippen LogP contribution is -2.41. The van der Waals surface area contributed by atoms with Crippen LogP contribution in [0.4, 0.5) is 0 Å². The van der Waals surface area contributed by atoms with Gasteiger partial charge in [0.1, 0.15) is 18.3 Å². The molecule has 3 N–H and O–H groups in total. The van der Waals surface area contributed by atoms with Crippen molar-refractivity contribution in [2.75, 3.05) is 0 Å². The highest BCUT2D eigenvalue weighted by Gasteiger charge is 2.46. The van der Waals surface area contributed by atoms with Gasteiger partial charge in [-0.2, -0.15) is 0 Å². The monoisotopic (exact) mass is 216 g/mol. The average Bonchev–Trinajstić information content (AvgIpc) is 2.82. The van der Waals surface area contributed by atoms with Crippen LogP contribution in [0.15, 0.2) is 0 Å². The molecule has 1 saturated carbocycles. The van der Waals surface area contributed by atoms with Crippen molar-refractivity contribution < 1.29 is 20.1 Å². The van der Waals surface area contributed by atoms with Crippen LogP contribution in [0.5, 0.6) is 0 Å². The zero-order valence-corrected chi connectivity index (χ0v) is 9.04. The van der Waals surface area contributed by atoms with Gasteiger partial charge in [-0.3, -0.25) is 0 Å². The summed E-state index contributed by atoms with van der Waals surface area (Å²) in [5.41, 5.74) is 0. The summed E-state index contributed by atoms with van der Waals surface area (Å²) in [4.78, 5) is 0.